The second kappa shape index (κ2) is 12.6. The number of aliphatic hydroxyl groups is 1. The lowest BCUT2D eigenvalue weighted by molar-refractivity contribution is -0.247. The SMILES string of the molecule is Cc1cn(CCCN(Cc2ccccc2)C2OC2[C@H]2CN(C(O)OC(C)(C)C)CCN2C(=O)OC(C)(C)C)cn1. The number of aryl methyl sites for hydroxylation is 2. The summed E-state index contributed by atoms with van der Waals surface area (Å²) >= 11 is 0. The zero-order valence-electron chi connectivity index (χ0n) is 25.1. The van der Waals surface area contributed by atoms with Gasteiger partial charge < -0.3 is 23.9 Å². The Hall–Kier alpha value is -2.50. The van der Waals surface area contributed by atoms with Crippen LogP contribution >= 0.6 is 0 Å². The van der Waals surface area contributed by atoms with Crippen LogP contribution in [0.2, 0.25) is 0 Å². The van der Waals surface area contributed by atoms with E-state index in [2.05, 4.69) is 32.8 Å². The van der Waals surface area contributed by atoms with E-state index in [-0.39, 0.29) is 24.5 Å². The molecule has 1 N–H and O–H groups in total. The molecule has 1 aromatic heterocycles. The second-order valence-corrected chi connectivity index (χ2v) is 12.8. The monoisotopic (exact) mass is 557 g/mol. The van der Waals surface area contributed by atoms with Gasteiger partial charge >= 0.3 is 6.09 Å². The highest BCUT2D eigenvalue weighted by atomic mass is 16.6. The number of aliphatic hydroxyl groups excluding tert-OH is 1. The number of hydrogen-bond donors (Lipinski definition) is 1. The van der Waals surface area contributed by atoms with Gasteiger partial charge in [0.05, 0.1) is 23.7 Å². The summed E-state index contributed by atoms with van der Waals surface area (Å²) in [4.78, 5) is 23.6. The number of hydrogen-bond acceptors (Lipinski definition) is 8. The summed E-state index contributed by atoms with van der Waals surface area (Å²) in [5, 5.41) is 10.8. The molecule has 40 heavy (non-hydrogen) atoms. The van der Waals surface area contributed by atoms with Crippen molar-refractivity contribution in [1.82, 2.24) is 24.3 Å². The van der Waals surface area contributed by atoms with Crippen LogP contribution in [0.3, 0.4) is 0 Å². The zero-order chi connectivity index (χ0) is 29.1. The van der Waals surface area contributed by atoms with Gasteiger partial charge in [-0.2, -0.15) is 0 Å². The van der Waals surface area contributed by atoms with Crippen molar-refractivity contribution in [2.24, 2.45) is 0 Å². The Labute approximate surface area is 238 Å². The van der Waals surface area contributed by atoms with Crippen LogP contribution in [0, 0.1) is 6.92 Å². The normalized spacial score (nSPS) is 22.9. The number of ether oxygens (including phenoxy) is 3. The number of benzene rings is 1. The highest BCUT2D eigenvalue weighted by molar-refractivity contribution is 5.69. The van der Waals surface area contributed by atoms with Crippen molar-refractivity contribution in [2.45, 2.75) is 104 Å². The first-order valence-corrected chi connectivity index (χ1v) is 14.3. The van der Waals surface area contributed by atoms with Crippen molar-refractivity contribution < 1.29 is 24.1 Å². The van der Waals surface area contributed by atoms with Gasteiger partial charge in [0.25, 0.3) is 0 Å². The predicted octanol–water partition coefficient (Wildman–Crippen LogP) is 3.82. The Morgan fingerprint density at radius 3 is 2.50 bits per heavy atom. The maximum absolute atomic E-state index is 13.3. The third-order valence-corrected chi connectivity index (χ3v) is 6.94. The predicted molar refractivity (Wildman–Crippen MR) is 152 cm³/mol. The highest BCUT2D eigenvalue weighted by Gasteiger charge is 2.53. The average Bonchev–Trinajstić information content (AvgIpc) is 3.55. The summed E-state index contributed by atoms with van der Waals surface area (Å²) < 4.78 is 20.1. The molecule has 1 aromatic carbocycles. The fourth-order valence-electron chi connectivity index (χ4n) is 5.11. The van der Waals surface area contributed by atoms with E-state index in [1.807, 2.05) is 77.9 Å². The van der Waals surface area contributed by atoms with Gasteiger partial charge in [0.2, 0.25) is 6.41 Å². The number of piperazine rings is 1. The van der Waals surface area contributed by atoms with Crippen molar-refractivity contribution in [3.8, 4) is 0 Å². The van der Waals surface area contributed by atoms with Gasteiger partial charge in [-0.1, -0.05) is 30.3 Å². The van der Waals surface area contributed by atoms with Gasteiger partial charge in [0.15, 0.2) is 0 Å². The van der Waals surface area contributed by atoms with Crippen molar-refractivity contribution in [2.75, 3.05) is 26.2 Å². The van der Waals surface area contributed by atoms with Gasteiger partial charge in [-0.15, -0.1) is 0 Å². The fourth-order valence-corrected chi connectivity index (χ4v) is 5.11. The molecule has 2 aliphatic heterocycles. The Bertz CT molecular complexity index is 1100. The lowest BCUT2D eigenvalue weighted by Crippen LogP contribution is -2.61. The smallest absolute Gasteiger partial charge is 0.410 e. The molecule has 0 saturated carbocycles. The molecule has 0 radical (unpaired) electrons. The zero-order valence-corrected chi connectivity index (χ0v) is 25.1. The van der Waals surface area contributed by atoms with Crippen LogP contribution in [0.4, 0.5) is 4.79 Å². The number of amides is 1. The standard InChI is InChI=1S/C30H47N5O5/c1-22-18-32(21-31-22)14-11-15-33(19-23-12-9-8-10-13-23)26-25(38-26)24-20-34(27(36)39-29(2,3)4)16-17-35(24)28(37)40-30(5,6)7/h8-10,12-13,18,21,24-27,36H,11,14-17,19-20H2,1-7H3/t24-,25?,26?,27?/m1/s1. The van der Waals surface area contributed by atoms with Gasteiger partial charge in [-0.3, -0.25) is 14.7 Å². The van der Waals surface area contributed by atoms with Gasteiger partial charge in [-0.25, -0.2) is 9.78 Å². The average molecular weight is 558 g/mol. The first-order valence-electron chi connectivity index (χ1n) is 14.3. The van der Waals surface area contributed by atoms with E-state index in [0.717, 1.165) is 31.7 Å². The van der Waals surface area contributed by atoms with Crippen LogP contribution < -0.4 is 0 Å². The maximum Gasteiger partial charge on any atom is 0.410 e. The van der Waals surface area contributed by atoms with Crippen LogP contribution in [0.25, 0.3) is 0 Å². The van der Waals surface area contributed by atoms with Crippen LogP contribution in [-0.2, 0) is 27.3 Å². The van der Waals surface area contributed by atoms with Crippen molar-refractivity contribution >= 4 is 6.09 Å². The summed E-state index contributed by atoms with van der Waals surface area (Å²) in [6, 6.07) is 10.1. The Kier molecular flexibility index (Phi) is 9.57. The van der Waals surface area contributed by atoms with Crippen LogP contribution in [-0.4, -0.2) is 97.6 Å². The minimum absolute atomic E-state index is 0.153. The maximum atomic E-state index is 13.3. The molecular formula is C30H47N5O5. The number of carbonyl (C=O) groups excluding carboxylic acids is 1. The molecule has 3 unspecified atom stereocenters. The molecule has 10 heteroatoms. The first-order chi connectivity index (χ1) is 18.8. The van der Waals surface area contributed by atoms with Crippen LogP contribution in [0.5, 0.6) is 0 Å². The van der Waals surface area contributed by atoms with E-state index in [0.29, 0.717) is 19.6 Å². The lowest BCUT2D eigenvalue weighted by Gasteiger charge is -2.43. The molecule has 2 fully saturated rings. The third-order valence-electron chi connectivity index (χ3n) is 6.94. The molecule has 4 atom stereocenters. The number of nitrogens with zero attached hydrogens (tertiary/aromatic N) is 5. The molecule has 2 saturated heterocycles. The van der Waals surface area contributed by atoms with E-state index < -0.39 is 17.6 Å². The van der Waals surface area contributed by atoms with Crippen molar-refractivity contribution in [3.05, 3.63) is 54.1 Å². The quantitative estimate of drug-likeness (QED) is 0.348. The summed E-state index contributed by atoms with van der Waals surface area (Å²) in [7, 11) is 0. The molecule has 3 heterocycles. The van der Waals surface area contributed by atoms with E-state index in [4.69, 9.17) is 14.2 Å². The van der Waals surface area contributed by atoms with Gasteiger partial charge in [0.1, 0.15) is 17.9 Å². The first kappa shape index (κ1) is 30.5. The van der Waals surface area contributed by atoms with Crippen LogP contribution in [0.15, 0.2) is 42.9 Å². The van der Waals surface area contributed by atoms with E-state index in [1.54, 1.807) is 4.90 Å². The molecule has 2 aliphatic rings. The number of epoxide rings is 1. The largest absolute Gasteiger partial charge is 0.444 e. The van der Waals surface area contributed by atoms with Crippen molar-refractivity contribution in [1.29, 1.82) is 0 Å². The third kappa shape index (κ3) is 8.75. The minimum atomic E-state index is -1.07. The Morgan fingerprint density at radius 1 is 1.15 bits per heavy atom. The number of aromatic nitrogens is 2. The molecule has 0 bridgehead atoms. The molecule has 4 rings (SSSR count). The Morgan fingerprint density at radius 2 is 1.88 bits per heavy atom. The highest BCUT2D eigenvalue weighted by Crippen LogP contribution is 2.35. The van der Waals surface area contributed by atoms with Gasteiger partial charge in [0, 0.05) is 45.5 Å². The molecule has 10 nitrogen and oxygen atoms in total. The molecule has 2 aromatic rings. The van der Waals surface area contributed by atoms with Gasteiger partial charge in [-0.05, 0) is 60.5 Å². The summed E-state index contributed by atoms with van der Waals surface area (Å²) in [6.07, 6.45) is 3.06. The molecule has 0 spiro atoms. The summed E-state index contributed by atoms with van der Waals surface area (Å²) in [5.74, 6) is 0. The van der Waals surface area contributed by atoms with Crippen LogP contribution in [0.1, 0.15) is 59.2 Å². The molecular weight excluding hydrogens is 510 g/mol. The van der Waals surface area contributed by atoms with E-state index in [9.17, 15) is 9.90 Å². The molecule has 222 valence electrons. The van der Waals surface area contributed by atoms with E-state index >= 15 is 0 Å². The Balaban J connectivity index is 1.49. The minimum Gasteiger partial charge on any atom is -0.444 e. The molecule has 0 aliphatic carbocycles. The number of carbonyl (C=O) groups is 1. The van der Waals surface area contributed by atoms with Crippen molar-refractivity contribution in [3.63, 3.8) is 0 Å². The lowest BCUT2D eigenvalue weighted by atomic mass is 10.1. The number of imidazole rings is 1. The topological polar surface area (TPSA) is 95.8 Å². The second-order valence-electron chi connectivity index (χ2n) is 12.8. The summed E-state index contributed by atoms with van der Waals surface area (Å²) in [6.45, 7) is 17.1. The number of rotatable bonds is 10. The fraction of sp³-hybridized carbons (Fsp3) is 0.667. The van der Waals surface area contributed by atoms with E-state index in [1.165, 1.54) is 5.56 Å². The molecule has 1 amide bonds. The summed E-state index contributed by atoms with van der Waals surface area (Å²) in [5.41, 5.74) is 1.10.